The van der Waals surface area contributed by atoms with Gasteiger partial charge in [0.1, 0.15) is 18.0 Å². The Hall–Kier alpha value is -1.50. The van der Waals surface area contributed by atoms with Gasteiger partial charge in [-0.2, -0.15) is 0 Å². The number of nitrogens with zero attached hydrogens (tertiary/aromatic N) is 1. The number of piperidine rings is 2. The molecule has 0 aromatic heterocycles. The van der Waals surface area contributed by atoms with E-state index < -0.39 is 6.10 Å². The lowest BCUT2D eigenvalue weighted by Crippen LogP contribution is -2.54. The van der Waals surface area contributed by atoms with E-state index in [1.165, 1.54) is 51.6 Å². The number of benzene rings is 1. The monoisotopic (exact) mass is 404 g/mol. The van der Waals surface area contributed by atoms with Gasteiger partial charge in [-0.05, 0) is 75.6 Å². The van der Waals surface area contributed by atoms with Crippen molar-refractivity contribution in [3.05, 3.63) is 18.2 Å². The van der Waals surface area contributed by atoms with Gasteiger partial charge >= 0.3 is 0 Å². The minimum atomic E-state index is -0.466. The number of nitrogens with one attached hydrogen (secondary N) is 1. The molecule has 2 aliphatic heterocycles. The van der Waals surface area contributed by atoms with Gasteiger partial charge in [0.2, 0.25) is 0 Å². The highest BCUT2D eigenvalue weighted by atomic mass is 16.5. The largest absolute Gasteiger partial charge is 0.493 e. The Morgan fingerprint density at radius 3 is 2.38 bits per heavy atom. The van der Waals surface area contributed by atoms with Crippen molar-refractivity contribution in [3.63, 3.8) is 0 Å². The quantitative estimate of drug-likeness (QED) is 0.787. The minimum absolute atomic E-state index is 0.177. The number of likely N-dealkylation sites (tertiary alicyclic amines) is 1. The summed E-state index contributed by atoms with van der Waals surface area (Å²) in [4.78, 5) is 2.51. The number of aliphatic hydroxyl groups is 1. The third-order valence-electron chi connectivity index (χ3n) is 7.39. The van der Waals surface area contributed by atoms with E-state index >= 15 is 0 Å². The van der Waals surface area contributed by atoms with Gasteiger partial charge in [0.05, 0.1) is 14.2 Å². The number of rotatable bonds is 5. The number of ether oxygens (including phenoxy) is 3. The predicted octanol–water partition coefficient (Wildman–Crippen LogP) is 2.83. The van der Waals surface area contributed by atoms with Crippen molar-refractivity contribution in [1.82, 2.24) is 10.2 Å². The molecule has 0 bridgehead atoms. The second kappa shape index (κ2) is 9.11. The Morgan fingerprint density at radius 1 is 1.00 bits per heavy atom. The summed E-state index contributed by atoms with van der Waals surface area (Å²) < 4.78 is 16.8. The number of methoxy groups -OCH3 is 2. The minimum Gasteiger partial charge on any atom is -0.493 e. The first-order chi connectivity index (χ1) is 14.1. The molecule has 1 aromatic carbocycles. The van der Waals surface area contributed by atoms with Crippen LogP contribution in [0.4, 0.5) is 0 Å². The molecule has 6 nitrogen and oxygen atoms in total. The summed E-state index contributed by atoms with van der Waals surface area (Å²) in [5.74, 6) is 2.04. The van der Waals surface area contributed by atoms with Crippen LogP contribution in [0.15, 0.2) is 18.2 Å². The molecule has 2 N–H and O–H groups in total. The fourth-order valence-electron chi connectivity index (χ4n) is 5.51. The van der Waals surface area contributed by atoms with E-state index in [9.17, 15) is 5.11 Å². The molecule has 2 saturated heterocycles. The second-order valence-corrected chi connectivity index (χ2v) is 9.01. The van der Waals surface area contributed by atoms with Gasteiger partial charge in [-0.3, -0.25) is 4.90 Å². The number of β-amino-alcohol motifs (C(OH)–C–C–N with tert-alkyl or cyclic N) is 1. The van der Waals surface area contributed by atoms with Gasteiger partial charge < -0.3 is 24.6 Å². The fraction of sp³-hybridized carbons (Fsp3) is 0.739. The zero-order valence-electron chi connectivity index (χ0n) is 17.9. The molecule has 1 aromatic rings. The molecule has 29 heavy (non-hydrogen) atoms. The zero-order chi connectivity index (χ0) is 20.3. The highest BCUT2D eigenvalue weighted by molar-refractivity contribution is 5.45. The fourth-order valence-corrected chi connectivity index (χ4v) is 5.51. The van der Waals surface area contributed by atoms with Crippen molar-refractivity contribution < 1.29 is 19.3 Å². The van der Waals surface area contributed by atoms with Gasteiger partial charge in [0.15, 0.2) is 11.5 Å². The zero-order valence-corrected chi connectivity index (χ0v) is 17.9. The summed E-state index contributed by atoms with van der Waals surface area (Å²) in [5.41, 5.74) is 0.592. The lowest BCUT2D eigenvalue weighted by molar-refractivity contribution is -0.0486. The van der Waals surface area contributed by atoms with Crippen LogP contribution in [0.2, 0.25) is 0 Å². The number of hydrogen-bond donors (Lipinski definition) is 2. The van der Waals surface area contributed by atoms with Gasteiger partial charge in [0.25, 0.3) is 0 Å². The van der Waals surface area contributed by atoms with Gasteiger partial charge in [-0.25, -0.2) is 0 Å². The van der Waals surface area contributed by atoms with Gasteiger partial charge in [0, 0.05) is 25.2 Å². The highest BCUT2D eigenvalue weighted by Gasteiger charge is 2.40. The maximum absolute atomic E-state index is 10.8. The van der Waals surface area contributed by atoms with E-state index in [1.54, 1.807) is 14.2 Å². The van der Waals surface area contributed by atoms with Crippen molar-refractivity contribution in [2.24, 2.45) is 5.41 Å². The van der Waals surface area contributed by atoms with Crippen molar-refractivity contribution >= 4 is 0 Å². The normalized spacial score (nSPS) is 28.2. The third-order valence-corrected chi connectivity index (χ3v) is 7.39. The van der Waals surface area contributed by atoms with Crippen LogP contribution in [0.1, 0.15) is 44.9 Å². The highest BCUT2D eigenvalue weighted by Crippen LogP contribution is 2.44. The Bertz CT molecular complexity index is 667. The first-order valence-corrected chi connectivity index (χ1v) is 11.1. The lowest BCUT2D eigenvalue weighted by Gasteiger charge is -2.47. The van der Waals surface area contributed by atoms with Crippen LogP contribution in [0.3, 0.4) is 0 Å². The van der Waals surface area contributed by atoms with Crippen molar-refractivity contribution in [2.75, 3.05) is 40.4 Å². The summed E-state index contributed by atoms with van der Waals surface area (Å²) in [6, 6.07) is 6.17. The molecule has 3 fully saturated rings. The van der Waals surface area contributed by atoms with Crippen LogP contribution in [0, 0.1) is 5.41 Å². The Kier molecular flexibility index (Phi) is 6.52. The van der Waals surface area contributed by atoms with E-state index in [-0.39, 0.29) is 6.10 Å². The summed E-state index contributed by atoms with van der Waals surface area (Å²) in [7, 11) is 3.24. The van der Waals surface area contributed by atoms with Gasteiger partial charge in [-0.1, -0.05) is 0 Å². The third kappa shape index (κ3) is 4.65. The molecular weight excluding hydrogens is 368 g/mol. The molecule has 0 amide bonds. The molecule has 1 spiro atoms. The lowest BCUT2D eigenvalue weighted by atomic mass is 9.67. The van der Waals surface area contributed by atoms with E-state index in [4.69, 9.17) is 14.2 Å². The van der Waals surface area contributed by atoms with Crippen molar-refractivity contribution in [1.29, 1.82) is 0 Å². The summed E-state index contributed by atoms with van der Waals surface area (Å²) in [5, 5.41) is 14.3. The second-order valence-electron chi connectivity index (χ2n) is 9.01. The molecule has 2 atom stereocenters. The smallest absolute Gasteiger partial charge is 0.164 e. The van der Waals surface area contributed by atoms with Crippen LogP contribution in [0.25, 0.3) is 0 Å². The number of aliphatic hydroxyl groups excluding tert-OH is 1. The maximum Gasteiger partial charge on any atom is 0.164 e. The van der Waals surface area contributed by atoms with Crippen LogP contribution in [0.5, 0.6) is 17.2 Å². The van der Waals surface area contributed by atoms with Crippen molar-refractivity contribution in [3.8, 4) is 17.2 Å². The molecule has 1 aliphatic carbocycles. The Labute approximate surface area is 174 Å². The first kappa shape index (κ1) is 20.8. The van der Waals surface area contributed by atoms with Crippen molar-refractivity contribution in [2.45, 2.75) is 63.2 Å². The van der Waals surface area contributed by atoms with Crippen LogP contribution in [-0.4, -0.2) is 68.7 Å². The molecule has 3 aliphatic rings. The molecule has 4 rings (SSSR count). The summed E-state index contributed by atoms with van der Waals surface area (Å²) >= 11 is 0. The molecule has 1 saturated carbocycles. The summed E-state index contributed by atoms with van der Waals surface area (Å²) in [6.07, 6.45) is 8.11. The molecule has 6 heteroatoms. The molecule has 0 radical (unpaired) electrons. The Balaban J connectivity index is 1.30. The molecule has 2 heterocycles. The standard InChI is InChI=1S/C23H36N2O4/c1-27-21-4-3-18(15-22(21)28-2)29-20-7-14-25(16-19(20)26)17-5-8-23(9-6-17)10-12-24-13-11-23/h3-4,15,17,19-20,24,26H,5-14,16H2,1-2H3/t19-,20-/m1/s1. The Morgan fingerprint density at radius 2 is 1.72 bits per heavy atom. The maximum atomic E-state index is 10.8. The van der Waals surface area contributed by atoms with E-state index in [1.807, 2.05) is 18.2 Å². The topological polar surface area (TPSA) is 63.2 Å². The van der Waals surface area contributed by atoms with Gasteiger partial charge in [-0.15, -0.1) is 0 Å². The average Bonchev–Trinajstić information content (AvgIpc) is 2.76. The summed E-state index contributed by atoms with van der Waals surface area (Å²) in [6.45, 7) is 4.07. The van der Waals surface area contributed by atoms with E-state index in [0.717, 1.165) is 13.0 Å². The van der Waals surface area contributed by atoms with Crippen LogP contribution in [-0.2, 0) is 0 Å². The molecular formula is C23H36N2O4. The van der Waals surface area contributed by atoms with Crippen LogP contribution < -0.4 is 19.5 Å². The SMILES string of the molecule is COc1ccc(O[C@@H]2CCN(C3CCC4(CCNCC4)CC3)C[C@H]2O)cc1OC. The van der Waals surface area contributed by atoms with Crippen LogP contribution >= 0.6 is 0 Å². The van der Waals surface area contributed by atoms with E-state index in [2.05, 4.69) is 10.2 Å². The number of hydrogen-bond acceptors (Lipinski definition) is 6. The molecule has 0 unspecified atom stereocenters. The first-order valence-electron chi connectivity index (χ1n) is 11.1. The average molecular weight is 405 g/mol. The predicted molar refractivity (Wildman–Crippen MR) is 113 cm³/mol. The molecule has 162 valence electrons. The van der Waals surface area contributed by atoms with E-state index in [0.29, 0.717) is 35.3 Å².